The van der Waals surface area contributed by atoms with E-state index in [4.69, 9.17) is 16.0 Å². The molecule has 4 rings (SSSR count). The van der Waals surface area contributed by atoms with E-state index in [9.17, 15) is 8.42 Å². The van der Waals surface area contributed by atoms with Crippen LogP contribution < -0.4 is 15.4 Å². The van der Waals surface area contributed by atoms with Crippen LogP contribution in [0.5, 0.6) is 0 Å². The summed E-state index contributed by atoms with van der Waals surface area (Å²) in [6.45, 7) is 3.41. The van der Waals surface area contributed by atoms with Crippen molar-refractivity contribution in [3.05, 3.63) is 35.3 Å². The Labute approximate surface area is 161 Å². The zero-order valence-corrected chi connectivity index (χ0v) is 16.5. The monoisotopic (exact) mass is 409 g/mol. The third-order valence-corrected chi connectivity index (χ3v) is 6.67. The lowest BCUT2D eigenvalue weighted by molar-refractivity contribution is 0.600. The minimum absolute atomic E-state index is 0.0199. The highest BCUT2D eigenvalue weighted by Gasteiger charge is 2.26. The highest BCUT2D eigenvalue weighted by atomic mass is 35.5. The molecule has 1 aliphatic heterocycles. The largest absolute Gasteiger partial charge is 0.462 e. The van der Waals surface area contributed by atoms with Crippen molar-refractivity contribution in [2.45, 2.75) is 24.3 Å². The van der Waals surface area contributed by atoms with E-state index < -0.39 is 10.0 Å². The zero-order valence-electron chi connectivity index (χ0n) is 14.9. The number of aromatic nitrogens is 2. The number of nitrogens with one attached hydrogen (secondary N) is 3. The summed E-state index contributed by atoms with van der Waals surface area (Å²) in [5.74, 6) is 0. The van der Waals surface area contributed by atoms with Gasteiger partial charge < -0.3 is 15.1 Å². The molecule has 0 spiro atoms. The molecule has 27 heavy (non-hydrogen) atoms. The lowest BCUT2D eigenvalue weighted by Gasteiger charge is -2.15. The van der Waals surface area contributed by atoms with Crippen LogP contribution in [-0.2, 0) is 17.1 Å². The van der Waals surface area contributed by atoms with Gasteiger partial charge in [-0.25, -0.2) is 8.42 Å². The quantitative estimate of drug-likeness (QED) is 0.599. The van der Waals surface area contributed by atoms with Crippen LogP contribution >= 0.6 is 11.6 Å². The summed E-state index contributed by atoms with van der Waals surface area (Å²) in [7, 11) is -2.28. The van der Waals surface area contributed by atoms with Crippen molar-refractivity contribution >= 4 is 44.0 Å². The fourth-order valence-electron chi connectivity index (χ4n) is 3.37. The molecule has 0 bridgehead atoms. The molecule has 1 unspecified atom stereocenters. The molecule has 1 aliphatic rings. The Kier molecular flexibility index (Phi) is 4.53. The number of hydrogen-bond acceptors (Lipinski definition) is 6. The maximum Gasteiger partial charge on any atom is 0.266 e. The second-order valence-electron chi connectivity index (χ2n) is 6.63. The summed E-state index contributed by atoms with van der Waals surface area (Å²) < 4.78 is 35.3. The smallest absolute Gasteiger partial charge is 0.266 e. The lowest BCUT2D eigenvalue weighted by atomic mass is 10.2. The SMILES string of the molecule is Cc1nn(C)c(Cl)c1S(=O)(=O)Nc1cc(NC2CCNC2)c2occc2c1. The Balaban J connectivity index is 1.71. The molecular weight excluding hydrogens is 390 g/mol. The number of halogens is 1. The van der Waals surface area contributed by atoms with Crippen LogP contribution in [0.1, 0.15) is 12.1 Å². The summed E-state index contributed by atoms with van der Waals surface area (Å²) in [6, 6.07) is 5.53. The molecule has 3 heterocycles. The first-order valence-electron chi connectivity index (χ1n) is 8.55. The van der Waals surface area contributed by atoms with E-state index in [1.54, 1.807) is 38.4 Å². The third-order valence-electron chi connectivity index (χ3n) is 4.59. The summed E-state index contributed by atoms with van der Waals surface area (Å²) in [4.78, 5) is -0.0199. The molecule has 0 saturated carbocycles. The van der Waals surface area contributed by atoms with E-state index in [1.165, 1.54) is 4.68 Å². The Hall–Kier alpha value is -2.23. The van der Waals surface area contributed by atoms with Crippen molar-refractivity contribution < 1.29 is 12.8 Å². The number of benzene rings is 1. The molecule has 0 radical (unpaired) electrons. The topological polar surface area (TPSA) is 101 Å². The van der Waals surface area contributed by atoms with Crippen LogP contribution in [0.25, 0.3) is 11.0 Å². The van der Waals surface area contributed by atoms with Crippen molar-refractivity contribution in [1.29, 1.82) is 0 Å². The van der Waals surface area contributed by atoms with E-state index in [1.807, 2.05) is 0 Å². The number of aryl methyl sites for hydroxylation is 2. The first-order chi connectivity index (χ1) is 12.8. The minimum atomic E-state index is -3.89. The molecule has 10 heteroatoms. The van der Waals surface area contributed by atoms with Gasteiger partial charge in [0.25, 0.3) is 10.0 Å². The van der Waals surface area contributed by atoms with E-state index in [0.717, 1.165) is 30.6 Å². The molecule has 1 saturated heterocycles. The van der Waals surface area contributed by atoms with Crippen molar-refractivity contribution in [3.63, 3.8) is 0 Å². The van der Waals surface area contributed by atoms with Gasteiger partial charge >= 0.3 is 0 Å². The molecule has 3 aromatic rings. The van der Waals surface area contributed by atoms with Gasteiger partial charge in [-0.05, 0) is 38.1 Å². The van der Waals surface area contributed by atoms with Crippen molar-refractivity contribution in [3.8, 4) is 0 Å². The number of hydrogen-bond donors (Lipinski definition) is 3. The number of furan rings is 1. The average Bonchev–Trinajstić information content (AvgIpc) is 3.29. The Morgan fingerprint density at radius 2 is 2.22 bits per heavy atom. The molecule has 0 aliphatic carbocycles. The van der Waals surface area contributed by atoms with E-state index in [-0.39, 0.29) is 16.1 Å². The van der Waals surface area contributed by atoms with Gasteiger partial charge in [0.05, 0.1) is 23.3 Å². The normalized spacial score (nSPS) is 17.5. The lowest BCUT2D eigenvalue weighted by Crippen LogP contribution is -2.22. The van der Waals surface area contributed by atoms with Gasteiger partial charge in [0.1, 0.15) is 10.0 Å². The summed E-state index contributed by atoms with van der Waals surface area (Å²) in [6.07, 6.45) is 2.58. The summed E-state index contributed by atoms with van der Waals surface area (Å²) in [5, 5.41) is 11.7. The van der Waals surface area contributed by atoms with Gasteiger partial charge in [0.2, 0.25) is 0 Å². The van der Waals surface area contributed by atoms with Gasteiger partial charge in [-0.15, -0.1) is 0 Å². The van der Waals surface area contributed by atoms with Crippen LogP contribution in [0.2, 0.25) is 5.15 Å². The van der Waals surface area contributed by atoms with Gasteiger partial charge in [0, 0.05) is 25.0 Å². The highest BCUT2D eigenvalue weighted by Crippen LogP contribution is 2.32. The van der Waals surface area contributed by atoms with Gasteiger partial charge in [-0.2, -0.15) is 5.10 Å². The number of rotatable bonds is 5. The molecule has 144 valence electrons. The third kappa shape index (κ3) is 3.38. The number of sulfonamides is 1. The Morgan fingerprint density at radius 3 is 2.89 bits per heavy atom. The van der Waals surface area contributed by atoms with Crippen LogP contribution in [0.4, 0.5) is 11.4 Å². The molecule has 1 atom stereocenters. The zero-order chi connectivity index (χ0) is 19.2. The maximum atomic E-state index is 12.9. The van der Waals surface area contributed by atoms with E-state index in [0.29, 0.717) is 17.0 Å². The molecule has 8 nitrogen and oxygen atoms in total. The van der Waals surface area contributed by atoms with E-state index >= 15 is 0 Å². The molecule has 3 N–H and O–H groups in total. The van der Waals surface area contributed by atoms with Crippen LogP contribution in [-0.4, -0.2) is 37.3 Å². The number of anilines is 2. The second kappa shape index (κ2) is 6.74. The minimum Gasteiger partial charge on any atom is -0.462 e. The molecule has 2 aromatic heterocycles. The predicted molar refractivity (Wildman–Crippen MR) is 105 cm³/mol. The van der Waals surface area contributed by atoms with Crippen LogP contribution in [0, 0.1) is 6.92 Å². The first-order valence-corrected chi connectivity index (χ1v) is 10.4. The Morgan fingerprint density at radius 1 is 1.41 bits per heavy atom. The molecule has 0 amide bonds. The van der Waals surface area contributed by atoms with Crippen LogP contribution in [0.3, 0.4) is 0 Å². The Bertz CT molecular complexity index is 1100. The number of fused-ring (bicyclic) bond motifs is 1. The average molecular weight is 410 g/mol. The fraction of sp³-hybridized carbons (Fsp3) is 0.353. The summed E-state index contributed by atoms with van der Waals surface area (Å²) >= 11 is 6.13. The maximum absolute atomic E-state index is 12.9. The van der Waals surface area contributed by atoms with Gasteiger partial charge in [-0.1, -0.05) is 11.6 Å². The van der Waals surface area contributed by atoms with E-state index in [2.05, 4.69) is 20.5 Å². The van der Waals surface area contributed by atoms with Gasteiger partial charge in [-0.3, -0.25) is 9.40 Å². The van der Waals surface area contributed by atoms with Crippen molar-refractivity contribution in [2.75, 3.05) is 23.1 Å². The fourth-order valence-corrected chi connectivity index (χ4v) is 5.16. The standard InChI is InChI=1S/C17H20ClN5O3S/c1-10-16(17(18)23(2)21-10)27(24,25)22-13-7-11-4-6-26-15(11)14(8-13)20-12-3-5-19-9-12/h4,6-8,12,19-20,22H,3,5,9H2,1-2H3. The van der Waals surface area contributed by atoms with Crippen molar-refractivity contribution in [1.82, 2.24) is 15.1 Å². The second-order valence-corrected chi connectivity index (χ2v) is 8.61. The molecule has 1 aromatic carbocycles. The highest BCUT2D eigenvalue weighted by molar-refractivity contribution is 7.92. The first kappa shape index (κ1) is 18.1. The predicted octanol–water partition coefficient (Wildman–Crippen LogP) is 2.70. The number of nitrogens with zero attached hydrogens (tertiary/aromatic N) is 2. The van der Waals surface area contributed by atoms with Crippen molar-refractivity contribution in [2.24, 2.45) is 7.05 Å². The van der Waals surface area contributed by atoms with Gasteiger partial charge in [0.15, 0.2) is 5.58 Å². The van der Waals surface area contributed by atoms with Crippen LogP contribution in [0.15, 0.2) is 33.8 Å². The molecular formula is C17H20ClN5O3S. The summed E-state index contributed by atoms with van der Waals surface area (Å²) in [5.41, 5.74) is 2.21. The molecule has 1 fully saturated rings.